The third kappa shape index (κ3) is 5.51. The van der Waals surface area contributed by atoms with Crippen molar-refractivity contribution in [2.45, 2.75) is 25.7 Å². The fourth-order valence-electron chi connectivity index (χ4n) is 4.87. The van der Waals surface area contributed by atoms with Crippen LogP contribution in [0, 0.1) is 0 Å². The zero-order valence-electron chi connectivity index (χ0n) is 19.9. The van der Waals surface area contributed by atoms with Gasteiger partial charge in [0.2, 0.25) is 5.91 Å². The number of phenols is 1. The van der Waals surface area contributed by atoms with Crippen LogP contribution in [0.2, 0.25) is 5.02 Å². The maximum Gasteiger partial charge on any atom is 0.258 e. The van der Waals surface area contributed by atoms with E-state index < -0.39 is 0 Å². The smallest absolute Gasteiger partial charge is 0.258 e. The van der Waals surface area contributed by atoms with Crippen LogP contribution in [-0.2, 0) is 17.6 Å². The van der Waals surface area contributed by atoms with Crippen molar-refractivity contribution in [1.82, 2.24) is 4.90 Å². The van der Waals surface area contributed by atoms with Gasteiger partial charge in [0.25, 0.3) is 5.91 Å². The molecule has 0 bridgehead atoms. The molecule has 2 aliphatic rings. The first kappa shape index (κ1) is 24.6. The lowest BCUT2D eigenvalue weighted by Gasteiger charge is -2.35. The van der Waals surface area contributed by atoms with Crippen molar-refractivity contribution in [3.05, 3.63) is 69.6 Å². The Labute approximate surface area is 219 Å². The molecule has 1 fully saturated rings. The largest absolute Gasteiger partial charge is 0.506 e. The molecule has 1 aliphatic carbocycles. The van der Waals surface area contributed by atoms with E-state index in [4.69, 9.17) is 11.6 Å². The SMILES string of the molecule is O=C(CN1CCN(c2ccccc2O)CC1)Nc1sc2c(c1C(=O)Nc1ccc(Cl)cc1)CCCC2. The number of anilines is 3. The van der Waals surface area contributed by atoms with E-state index in [2.05, 4.69) is 20.4 Å². The zero-order chi connectivity index (χ0) is 25.1. The Morgan fingerprint density at radius 3 is 2.42 bits per heavy atom. The van der Waals surface area contributed by atoms with Crippen LogP contribution >= 0.6 is 22.9 Å². The van der Waals surface area contributed by atoms with Crippen LogP contribution in [0.5, 0.6) is 5.75 Å². The summed E-state index contributed by atoms with van der Waals surface area (Å²) in [5.74, 6) is -0.0526. The molecule has 3 N–H and O–H groups in total. The van der Waals surface area contributed by atoms with Gasteiger partial charge < -0.3 is 20.6 Å². The number of nitrogens with one attached hydrogen (secondary N) is 2. The third-order valence-electron chi connectivity index (χ3n) is 6.72. The summed E-state index contributed by atoms with van der Waals surface area (Å²) in [6.45, 7) is 3.15. The van der Waals surface area contributed by atoms with E-state index in [1.807, 2.05) is 18.2 Å². The average Bonchev–Trinajstić information content (AvgIpc) is 3.24. The Kier molecular flexibility index (Phi) is 7.46. The molecule has 0 unspecified atom stereocenters. The number of piperazine rings is 1. The first-order valence-electron chi connectivity index (χ1n) is 12.2. The van der Waals surface area contributed by atoms with E-state index in [0.717, 1.165) is 50.0 Å². The highest BCUT2D eigenvalue weighted by Gasteiger charge is 2.27. The van der Waals surface area contributed by atoms with Crippen molar-refractivity contribution < 1.29 is 14.7 Å². The Bertz CT molecular complexity index is 1250. The van der Waals surface area contributed by atoms with Gasteiger partial charge in [-0.2, -0.15) is 0 Å². The molecule has 36 heavy (non-hydrogen) atoms. The second-order valence-corrected chi connectivity index (χ2v) is 10.7. The van der Waals surface area contributed by atoms with Crippen LogP contribution in [0.15, 0.2) is 48.5 Å². The number of phenolic OH excluding ortho intramolecular Hbond substituents is 1. The highest BCUT2D eigenvalue weighted by Crippen LogP contribution is 2.38. The molecule has 0 saturated carbocycles. The summed E-state index contributed by atoms with van der Waals surface area (Å²) in [6.07, 6.45) is 3.92. The molecule has 188 valence electrons. The van der Waals surface area contributed by atoms with Gasteiger partial charge in [-0.15, -0.1) is 11.3 Å². The molecule has 0 atom stereocenters. The van der Waals surface area contributed by atoms with Gasteiger partial charge in [-0.3, -0.25) is 14.5 Å². The molecule has 7 nitrogen and oxygen atoms in total. The highest BCUT2D eigenvalue weighted by atomic mass is 35.5. The first-order chi connectivity index (χ1) is 17.5. The van der Waals surface area contributed by atoms with Crippen LogP contribution < -0.4 is 15.5 Å². The number of hydrogen-bond donors (Lipinski definition) is 3. The standard InChI is InChI=1S/C27H29ClN4O3S/c28-18-9-11-19(12-10-18)29-26(35)25-20-5-1-4-8-23(20)36-27(25)30-24(34)17-31-13-15-32(16-14-31)21-6-2-3-7-22(21)33/h2-3,6-7,9-12,33H,1,4-5,8,13-17H2,(H,29,35)(H,30,34). The summed E-state index contributed by atoms with van der Waals surface area (Å²) in [5, 5.41) is 17.4. The van der Waals surface area contributed by atoms with Gasteiger partial charge in [-0.1, -0.05) is 23.7 Å². The van der Waals surface area contributed by atoms with Gasteiger partial charge in [-0.25, -0.2) is 0 Å². The number of fused-ring (bicyclic) bond motifs is 1. The Morgan fingerprint density at radius 2 is 1.67 bits per heavy atom. The lowest BCUT2D eigenvalue weighted by molar-refractivity contribution is -0.117. The number of aryl methyl sites for hydroxylation is 1. The van der Waals surface area contributed by atoms with Gasteiger partial charge in [0.05, 0.1) is 17.8 Å². The van der Waals surface area contributed by atoms with E-state index in [1.54, 1.807) is 30.3 Å². The van der Waals surface area contributed by atoms with E-state index in [0.29, 0.717) is 34.4 Å². The van der Waals surface area contributed by atoms with Crippen molar-refractivity contribution in [2.24, 2.45) is 0 Å². The van der Waals surface area contributed by atoms with Crippen molar-refractivity contribution in [3.8, 4) is 5.75 Å². The molecule has 0 spiro atoms. The predicted molar refractivity (Wildman–Crippen MR) is 146 cm³/mol. The minimum atomic E-state index is -0.205. The molecular weight excluding hydrogens is 496 g/mol. The number of rotatable bonds is 6. The number of thiophene rings is 1. The molecule has 2 amide bonds. The maximum absolute atomic E-state index is 13.3. The van der Waals surface area contributed by atoms with E-state index in [9.17, 15) is 14.7 Å². The summed E-state index contributed by atoms with van der Waals surface area (Å²) in [6, 6.07) is 14.3. The van der Waals surface area contributed by atoms with Crippen molar-refractivity contribution in [1.29, 1.82) is 0 Å². The predicted octanol–water partition coefficient (Wildman–Crippen LogP) is 5.00. The molecule has 1 aromatic heterocycles. The van der Waals surface area contributed by atoms with Crippen molar-refractivity contribution in [2.75, 3.05) is 48.3 Å². The lowest BCUT2D eigenvalue weighted by Crippen LogP contribution is -2.48. The van der Waals surface area contributed by atoms with E-state index in [-0.39, 0.29) is 24.1 Å². The topological polar surface area (TPSA) is 84.9 Å². The molecule has 5 rings (SSSR count). The van der Waals surface area contributed by atoms with Crippen LogP contribution in [0.1, 0.15) is 33.6 Å². The molecule has 0 radical (unpaired) electrons. The number of halogens is 1. The zero-order valence-corrected chi connectivity index (χ0v) is 21.5. The number of hydrogen-bond acceptors (Lipinski definition) is 6. The quantitative estimate of drug-likeness (QED) is 0.422. The molecule has 9 heteroatoms. The second-order valence-electron chi connectivity index (χ2n) is 9.18. The Morgan fingerprint density at radius 1 is 0.944 bits per heavy atom. The molecule has 2 heterocycles. The van der Waals surface area contributed by atoms with Gasteiger partial charge in [-0.05, 0) is 67.6 Å². The van der Waals surface area contributed by atoms with Crippen LogP contribution in [0.3, 0.4) is 0 Å². The third-order valence-corrected chi connectivity index (χ3v) is 8.17. The van der Waals surface area contributed by atoms with Crippen LogP contribution in [0.4, 0.5) is 16.4 Å². The average molecular weight is 525 g/mol. The van der Waals surface area contributed by atoms with Crippen LogP contribution in [0.25, 0.3) is 0 Å². The monoisotopic (exact) mass is 524 g/mol. The molecule has 1 saturated heterocycles. The van der Waals surface area contributed by atoms with Crippen molar-refractivity contribution in [3.63, 3.8) is 0 Å². The van der Waals surface area contributed by atoms with Gasteiger partial charge in [0.15, 0.2) is 0 Å². The molecule has 3 aromatic rings. The number of para-hydroxylation sites is 2. The van der Waals surface area contributed by atoms with Gasteiger partial charge >= 0.3 is 0 Å². The van der Waals surface area contributed by atoms with Gasteiger partial charge in [0, 0.05) is 41.8 Å². The number of carbonyl (C=O) groups is 2. The summed E-state index contributed by atoms with van der Waals surface area (Å²) in [7, 11) is 0. The van der Waals surface area contributed by atoms with E-state index >= 15 is 0 Å². The minimum absolute atomic E-state index is 0.120. The van der Waals surface area contributed by atoms with Crippen molar-refractivity contribution >= 4 is 51.1 Å². The maximum atomic E-state index is 13.3. The normalized spacial score (nSPS) is 15.9. The fraction of sp³-hybridized carbons (Fsp3) is 0.333. The minimum Gasteiger partial charge on any atom is -0.506 e. The molecule has 1 aliphatic heterocycles. The number of benzene rings is 2. The summed E-state index contributed by atoms with van der Waals surface area (Å²) in [5.41, 5.74) is 3.13. The number of nitrogens with zero attached hydrogens (tertiary/aromatic N) is 2. The Hall–Kier alpha value is -3.07. The second kappa shape index (κ2) is 10.9. The molecule has 2 aromatic carbocycles. The molecular formula is C27H29ClN4O3S. The Balaban J connectivity index is 1.24. The fourth-order valence-corrected chi connectivity index (χ4v) is 6.30. The van der Waals surface area contributed by atoms with E-state index in [1.165, 1.54) is 16.2 Å². The number of carbonyl (C=O) groups excluding carboxylic acids is 2. The summed E-state index contributed by atoms with van der Waals surface area (Å²) < 4.78 is 0. The highest BCUT2D eigenvalue weighted by molar-refractivity contribution is 7.17. The summed E-state index contributed by atoms with van der Waals surface area (Å²) >= 11 is 7.50. The lowest BCUT2D eigenvalue weighted by atomic mass is 9.95. The number of aromatic hydroxyl groups is 1. The number of amides is 2. The first-order valence-corrected chi connectivity index (χ1v) is 13.4. The van der Waals surface area contributed by atoms with Crippen LogP contribution in [-0.4, -0.2) is 54.5 Å². The summed E-state index contributed by atoms with van der Waals surface area (Å²) in [4.78, 5) is 31.7. The van der Waals surface area contributed by atoms with Gasteiger partial charge in [0.1, 0.15) is 10.8 Å².